The third kappa shape index (κ3) is 3.63. The Bertz CT molecular complexity index is 1100. The first kappa shape index (κ1) is 17.6. The van der Waals surface area contributed by atoms with Crippen LogP contribution in [0.25, 0.3) is 11.1 Å². The molecule has 1 amide bonds. The molecular formula is C22H20FN5O. The number of amides is 1. The Labute approximate surface area is 167 Å². The van der Waals surface area contributed by atoms with Gasteiger partial charge < -0.3 is 10.6 Å². The lowest BCUT2D eigenvalue weighted by atomic mass is 10.0. The van der Waals surface area contributed by atoms with Crippen LogP contribution in [0.4, 0.5) is 15.8 Å². The number of rotatable bonds is 4. The Hall–Kier alpha value is -3.48. The molecule has 0 unspecified atom stereocenters. The van der Waals surface area contributed by atoms with Crippen LogP contribution in [0.2, 0.25) is 0 Å². The second-order valence-electron chi connectivity index (χ2n) is 7.32. The topological polar surface area (TPSA) is 71.3 Å². The molecule has 146 valence electrons. The summed E-state index contributed by atoms with van der Waals surface area (Å²) in [6.45, 7) is 1.15. The Kier molecular flexibility index (Phi) is 4.35. The van der Waals surface area contributed by atoms with Crippen LogP contribution in [0.1, 0.15) is 24.4 Å². The van der Waals surface area contributed by atoms with Crippen LogP contribution in [0.3, 0.4) is 0 Å². The minimum absolute atomic E-state index is 0.313. The van der Waals surface area contributed by atoms with Crippen molar-refractivity contribution >= 4 is 23.0 Å². The van der Waals surface area contributed by atoms with E-state index in [1.54, 1.807) is 0 Å². The van der Waals surface area contributed by atoms with Crippen LogP contribution in [0, 0.1) is 5.82 Å². The first-order valence-electron chi connectivity index (χ1n) is 9.71. The molecule has 3 aromatic rings. The van der Waals surface area contributed by atoms with Gasteiger partial charge >= 0.3 is 0 Å². The van der Waals surface area contributed by atoms with Crippen LogP contribution < -0.4 is 10.6 Å². The standard InChI is InChI=1S/C22H20FN5O/c23-16-2-4-17(5-3-16)27-22(29)21-19-11-14(1-8-20(19)24-9-10-25-21)15-12-26-28(13-15)18-6-7-18/h1-5,8,11-13,18,24H,6-7,9-10H2,(H,27,29). The normalized spacial score (nSPS) is 15.7. The van der Waals surface area contributed by atoms with E-state index in [-0.39, 0.29) is 11.7 Å². The summed E-state index contributed by atoms with van der Waals surface area (Å²) in [6, 6.07) is 12.2. The number of nitrogens with one attached hydrogen (secondary N) is 2. The van der Waals surface area contributed by atoms with Crippen molar-refractivity contribution in [2.75, 3.05) is 23.7 Å². The Morgan fingerprint density at radius 1 is 1.14 bits per heavy atom. The monoisotopic (exact) mass is 389 g/mol. The van der Waals surface area contributed by atoms with Gasteiger partial charge in [-0.1, -0.05) is 6.07 Å². The number of halogens is 1. The fraction of sp³-hybridized carbons (Fsp3) is 0.227. The molecule has 29 heavy (non-hydrogen) atoms. The molecule has 2 heterocycles. The molecule has 1 aliphatic carbocycles. The number of carbonyl (C=O) groups excluding carboxylic acids is 1. The number of nitrogens with zero attached hydrogens (tertiary/aromatic N) is 3. The summed E-state index contributed by atoms with van der Waals surface area (Å²) in [5, 5.41) is 10.6. The highest BCUT2D eigenvalue weighted by atomic mass is 19.1. The number of anilines is 2. The first-order chi connectivity index (χ1) is 14.2. The summed E-state index contributed by atoms with van der Waals surface area (Å²) in [5.41, 5.74) is 4.52. The average molecular weight is 389 g/mol. The van der Waals surface area contributed by atoms with Gasteiger partial charge in [0, 0.05) is 35.2 Å². The number of aliphatic imine (C=N–C) groups is 1. The van der Waals surface area contributed by atoms with Crippen molar-refractivity contribution in [3.8, 4) is 11.1 Å². The lowest BCUT2D eigenvalue weighted by Crippen LogP contribution is -2.24. The van der Waals surface area contributed by atoms with Crippen LogP contribution in [0.15, 0.2) is 59.9 Å². The molecule has 0 radical (unpaired) electrons. The van der Waals surface area contributed by atoms with Gasteiger partial charge in [0.05, 0.1) is 18.8 Å². The van der Waals surface area contributed by atoms with Gasteiger partial charge in [-0.05, 0) is 54.8 Å². The highest BCUT2D eigenvalue weighted by Gasteiger charge is 2.25. The molecule has 0 bridgehead atoms. The molecule has 1 aliphatic heterocycles. The highest BCUT2D eigenvalue weighted by molar-refractivity contribution is 6.50. The smallest absolute Gasteiger partial charge is 0.274 e. The molecule has 7 heteroatoms. The summed E-state index contributed by atoms with van der Waals surface area (Å²) in [4.78, 5) is 17.4. The van der Waals surface area contributed by atoms with Crippen LogP contribution >= 0.6 is 0 Å². The fourth-order valence-electron chi connectivity index (χ4n) is 3.46. The summed E-state index contributed by atoms with van der Waals surface area (Å²) >= 11 is 0. The molecule has 0 atom stereocenters. The Balaban J connectivity index is 1.46. The zero-order chi connectivity index (χ0) is 19.8. The van der Waals surface area contributed by atoms with Crippen LogP contribution in [-0.2, 0) is 4.79 Å². The molecule has 5 rings (SSSR count). The van der Waals surface area contributed by atoms with Crippen LogP contribution in [0.5, 0.6) is 0 Å². The van der Waals surface area contributed by atoms with Crippen LogP contribution in [-0.4, -0.2) is 34.5 Å². The first-order valence-corrected chi connectivity index (χ1v) is 9.71. The quantitative estimate of drug-likeness (QED) is 0.711. The maximum absolute atomic E-state index is 13.1. The Morgan fingerprint density at radius 3 is 2.76 bits per heavy atom. The van der Waals surface area contributed by atoms with E-state index in [9.17, 15) is 9.18 Å². The molecule has 2 aromatic carbocycles. The number of benzodiazepines with no additional fused rings is 1. The van der Waals surface area contributed by atoms with Gasteiger partial charge in [-0.25, -0.2) is 4.39 Å². The number of hydrogen-bond acceptors (Lipinski definition) is 4. The lowest BCUT2D eigenvalue weighted by Gasteiger charge is -2.12. The van der Waals surface area contributed by atoms with E-state index in [1.807, 2.05) is 29.1 Å². The van der Waals surface area contributed by atoms with Gasteiger partial charge in [-0.15, -0.1) is 0 Å². The summed E-state index contributed by atoms with van der Waals surface area (Å²) in [7, 11) is 0. The summed E-state index contributed by atoms with van der Waals surface area (Å²) < 4.78 is 15.1. The van der Waals surface area contributed by atoms with Gasteiger partial charge in [0.2, 0.25) is 0 Å². The van der Waals surface area contributed by atoms with Gasteiger partial charge in [-0.3, -0.25) is 14.5 Å². The van der Waals surface area contributed by atoms with Crippen molar-refractivity contribution in [2.45, 2.75) is 18.9 Å². The number of fused-ring (bicyclic) bond motifs is 1. The van der Waals surface area contributed by atoms with Gasteiger partial charge in [-0.2, -0.15) is 5.10 Å². The van der Waals surface area contributed by atoms with E-state index in [4.69, 9.17) is 0 Å². The maximum Gasteiger partial charge on any atom is 0.274 e. The largest absolute Gasteiger partial charge is 0.383 e. The van der Waals surface area contributed by atoms with E-state index in [0.29, 0.717) is 30.5 Å². The minimum Gasteiger partial charge on any atom is -0.383 e. The molecule has 0 spiro atoms. The SMILES string of the molecule is O=C(Nc1ccc(F)cc1)C1=NCCNc2ccc(-c3cnn(C4CC4)c3)cc21. The molecule has 1 fully saturated rings. The number of benzene rings is 2. The van der Waals surface area contributed by atoms with Crippen molar-refractivity contribution < 1.29 is 9.18 Å². The predicted molar refractivity (Wildman–Crippen MR) is 111 cm³/mol. The van der Waals surface area contributed by atoms with Gasteiger partial charge in [0.25, 0.3) is 5.91 Å². The fourth-order valence-corrected chi connectivity index (χ4v) is 3.46. The van der Waals surface area contributed by atoms with Crippen molar-refractivity contribution in [3.05, 3.63) is 66.2 Å². The molecule has 6 nitrogen and oxygen atoms in total. The number of aromatic nitrogens is 2. The van der Waals surface area contributed by atoms with E-state index in [2.05, 4.69) is 26.9 Å². The second kappa shape index (κ2) is 7.16. The van der Waals surface area contributed by atoms with E-state index in [1.165, 1.54) is 37.1 Å². The lowest BCUT2D eigenvalue weighted by molar-refractivity contribution is -0.110. The van der Waals surface area contributed by atoms with Crippen molar-refractivity contribution in [1.82, 2.24) is 9.78 Å². The van der Waals surface area contributed by atoms with E-state index >= 15 is 0 Å². The second-order valence-corrected chi connectivity index (χ2v) is 7.32. The third-order valence-corrected chi connectivity index (χ3v) is 5.14. The third-order valence-electron chi connectivity index (χ3n) is 5.14. The zero-order valence-corrected chi connectivity index (χ0v) is 15.7. The summed E-state index contributed by atoms with van der Waals surface area (Å²) in [6.07, 6.45) is 6.27. The maximum atomic E-state index is 13.1. The molecule has 2 N–H and O–H groups in total. The average Bonchev–Trinajstić information content (AvgIpc) is 3.50. The molecular weight excluding hydrogens is 369 g/mol. The summed E-state index contributed by atoms with van der Waals surface area (Å²) in [5.74, 6) is -0.659. The predicted octanol–water partition coefficient (Wildman–Crippen LogP) is 3.88. The van der Waals surface area contributed by atoms with Gasteiger partial charge in [0.15, 0.2) is 0 Å². The van der Waals surface area contributed by atoms with E-state index in [0.717, 1.165) is 22.4 Å². The van der Waals surface area contributed by atoms with Crippen molar-refractivity contribution in [3.63, 3.8) is 0 Å². The number of hydrogen-bond donors (Lipinski definition) is 2. The van der Waals surface area contributed by atoms with Crippen molar-refractivity contribution in [2.24, 2.45) is 4.99 Å². The van der Waals surface area contributed by atoms with Crippen molar-refractivity contribution in [1.29, 1.82) is 0 Å². The molecule has 1 saturated carbocycles. The molecule has 2 aliphatic rings. The molecule has 0 saturated heterocycles. The highest BCUT2D eigenvalue weighted by Crippen LogP contribution is 2.35. The number of carbonyl (C=O) groups is 1. The van der Waals surface area contributed by atoms with E-state index < -0.39 is 0 Å². The Morgan fingerprint density at radius 2 is 1.97 bits per heavy atom. The zero-order valence-electron chi connectivity index (χ0n) is 15.7. The van der Waals surface area contributed by atoms with Gasteiger partial charge in [0.1, 0.15) is 11.5 Å². The minimum atomic E-state index is -0.347. The molecule has 1 aromatic heterocycles.